The molecule has 74 valence electrons. The maximum absolute atomic E-state index is 11.6. The first-order valence-corrected chi connectivity index (χ1v) is 5.20. The highest BCUT2D eigenvalue weighted by molar-refractivity contribution is 5.96. The third-order valence-electron chi connectivity index (χ3n) is 3.24. The SMILES string of the molecule is O=C/C=C\C1=CC(=O)[C@@H]2CCCC[C@H]12. The van der Waals surface area contributed by atoms with Gasteiger partial charge in [0.15, 0.2) is 5.78 Å². The minimum Gasteiger partial charge on any atom is -0.299 e. The molecule has 0 aliphatic heterocycles. The average Bonchev–Trinajstić information content (AvgIpc) is 2.54. The lowest BCUT2D eigenvalue weighted by atomic mass is 9.78. The molecule has 2 nitrogen and oxygen atoms in total. The largest absolute Gasteiger partial charge is 0.299 e. The van der Waals surface area contributed by atoms with E-state index < -0.39 is 0 Å². The van der Waals surface area contributed by atoms with Crippen molar-refractivity contribution in [2.75, 3.05) is 0 Å². The quantitative estimate of drug-likeness (QED) is 0.493. The number of carbonyl (C=O) groups is 2. The number of hydrogen-bond donors (Lipinski definition) is 0. The molecule has 1 saturated carbocycles. The highest BCUT2D eigenvalue weighted by atomic mass is 16.1. The maximum atomic E-state index is 11.6. The van der Waals surface area contributed by atoms with Gasteiger partial charge in [-0.2, -0.15) is 0 Å². The zero-order valence-corrected chi connectivity index (χ0v) is 8.11. The minimum atomic E-state index is 0.218. The maximum Gasteiger partial charge on any atom is 0.159 e. The second-order valence-corrected chi connectivity index (χ2v) is 4.04. The third kappa shape index (κ3) is 1.57. The summed E-state index contributed by atoms with van der Waals surface area (Å²) in [6.45, 7) is 0. The van der Waals surface area contributed by atoms with Gasteiger partial charge in [0.05, 0.1) is 0 Å². The van der Waals surface area contributed by atoms with Gasteiger partial charge in [0, 0.05) is 5.92 Å². The van der Waals surface area contributed by atoms with Gasteiger partial charge in [-0.05, 0) is 36.5 Å². The summed E-state index contributed by atoms with van der Waals surface area (Å²) < 4.78 is 0. The van der Waals surface area contributed by atoms with Gasteiger partial charge in [0.1, 0.15) is 6.29 Å². The van der Waals surface area contributed by atoms with Crippen molar-refractivity contribution < 1.29 is 9.59 Å². The van der Waals surface area contributed by atoms with Crippen LogP contribution in [0.25, 0.3) is 0 Å². The second-order valence-electron chi connectivity index (χ2n) is 4.04. The van der Waals surface area contributed by atoms with Gasteiger partial charge >= 0.3 is 0 Å². The molecular formula is C12H14O2. The van der Waals surface area contributed by atoms with E-state index in [4.69, 9.17) is 0 Å². The Morgan fingerprint density at radius 1 is 1.21 bits per heavy atom. The van der Waals surface area contributed by atoms with E-state index >= 15 is 0 Å². The summed E-state index contributed by atoms with van der Waals surface area (Å²) >= 11 is 0. The summed E-state index contributed by atoms with van der Waals surface area (Å²) in [7, 11) is 0. The molecule has 0 amide bonds. The van der Waals surface area contributed by atoms with Crippen LogP contribution in [-0.2, 0) is 9.59 Å². The summed E-state index contributed by atoms with van der Waals surface area (Å²) in [5.41, 5.74) is 1.06. The van der Waals surface area contributed by atoms with Crippen molar-refractivity contribution in [1.82, 2.24) is 0 Å². The molecule has 0 unspecified atom stereocenters. The van der Waals surface area contributed by atoms with Crippen LogP contribution in [0.15, 0.2) is 23.8 Å². The molecule has 2 rings (SSSR count). The fourth-order valence-corrected chi connectivity index (χ4v) is 2.57. The Balaban J connectivity index is 2.17. The molecule has 0 heterocycles. The third-order valence-corrected chi connectivity index (χ3v) is 3.24. The van der Waals surface area contributed by atoms with E-state index in [2.05, 4.69) is 0 Å². The van der Waals surface area contributed by atoms with Crippen molar-refractivity contribution in [2.45, 2.75) is 25.7 Å². The second kappa shape index (κ2) is 3.91. The first-order valence-electron chi connectivity index (χ1n) is 5.20. The van der Waals surface area contributed by atoms with Gasteiger partial charge in [-0.3, -0.25) is 9.59 Å². The van der Waals surface area contributed by atoms with Crippen LogP contribution >= 0.6 is 0 Å². The Hall–Kier alpha value is -1.18. The van der Waals surface area contributed by atoms with Gasteiger partial charge in [-0.25, -0.2) is 0 Å². The van der Waals surface area contributed by atoms with E-state index in [0.717, 1.165) is 24.7 Å². The normalized spacial score (nSPS) is 31.7. The van der Waals surface area contributed by atoms with Crippen molar-refractivity contribution >= 4 is 12.1 Å². The number of rotatable bonds is 2. The highest BCUT2D eigenvalue weighted by Crippen LogP contribution is 2.40. The molecule has 0 N–H and O–H groups in total. The zero-order valence-electron chi connectivity index (χ0n) is 8.11. The summed E-state index contributed by atoms with van der Waals surface area (Å²) in [4.78, 5) is 21.8. The highest BCUT2D eigenvalue weighted by Gasteiger charge is 2.36. The summed E-state index contributed by atoms with van der Waals surface area (Å²) in [5.74, 6) is 0.878. The molecule has 1 fully saturated rings. The van der Waals surface area contributed by atoms with Crippen LogP contribution in [-0.4, -0.2) is 12.1 Å². The standard InChI is InChI=1S/C12H14O2/c13-7-3-4-9-8-12(14)11-6-2-1-5-10(9)11/h3-4,7-8,10-11H,1-2,5-6H2/b4-3-/t10-,11-/m1/s1. The van der Waals surface area contributed by atoms with E-state index in [1.54, 1.807) is 12.2 Å². The summed E-state index contributed by atoms with van der Waals surface area (Å²) in [6, 6.07) is 0. The van der Waals surface area contributed by atoms with Crippen LogP contribution in [0.1, 0.15) is 25.7 Å². The molecule has 0 aromatic heterocycles. The number of aldehydes is 1. The van der Waals surface area contributed by atoms with E-state index in [0.29, 0.717) is 5.92 Å². The van der Waals surface area contributed by atoms with Crippen LogP contribution in [0, 0.1) is 11.8 Å². The predicted molar refractivity (Wildman–Crippen MR) is 53.7 cm³/mol. The van der Waals surface area contributed by atoms with Gasteiger partial charge in [-0.1, -0.05) is 18.9 Å². The van der Waals surface area contributed by atoms with E-state index in [9.17, 15) is 9.59 Å². The number of fused-ring (bicyclic) bond motifs is 1. The lowest BCUT2D eigenvalue weighted by Gasteiger charge is -2.25. The Labute approximate surface area is 83.7 Å². The lowest BCUT2D eigenvalue weighted by molar-refractivity contribution is -0.119. The van der Waals surface area contributed by atoms with E-state index in [-0.39, 0.29) is 11.7 Å². The lowest BCUT2D eigenvalue weighted by Crippen LogP contribution is -2.20. The molecule has 0 spiro atoms. The van der Waals surface area contributed by atoms with Gasteiger partial charge < -0.3 is 0 Å². The topological polar surface area (TPSA) is 34.1 Å². The van der Waals surface area contributed by atoms with E-state index in [1.165, 1.54) is 18.9 Å². The molecule has 0 bridgehead atoms. The molecule has 0 aromatic carbocycles. The molecule has 14 heavy (non-hydrogen) atoms. The Morgan fingerprint density at radius 2 is 1.93 bits per heavy atom. The van der Waals surface area contributed by atoms with Crippen LogP contribution < -0.4 is 0 Å². The Morgan fingerprint density at radius 3 is 2.64 bits per heavy atom. The van der Waals surface area contributed by atoms with Crippen molar-refractivity contribution in [3.63, 3.8) is 0 Å². The summed E-state index contributed by atoms with van der Waals surface area (Å²) in [5, 5.41) is 0. The fraction of sp³-hybridized carbons (Fsp3) is 0.500. The van der Waals surface area contributed by atoms with Gasteiger partial charge in [-0.15, -0.1) is 0 Å². The van der Waals surface area contributed by atoms with Gasteiger partial charge in [0.25, 0.3) is 0 Å². The zero-order chi connectivity index (χ0) is 9.97. The van der Waals surface area contributed by atoms with Crippen LogP contribution in [0.3, 0.4) is 0 Å². The Bertz CT molecular complexity index is 312. The molecule has 2 atom stereocenters. The minimum absolute atomic E-state index is 0.218. The van der Waals surface area contributed by atoms with Gasteiger partial charge in [0.2, 0.25) is 0 Å². The molecule has 2 aliphatic carbocycles. The number of hydrogen-bond acceptors (Lipinski definition) is 2. The van der Waals surface area contributed by atoms with Crippen molar-refractivity contribution in [2.24, 2.45) is 11.8 Å². The van der Waals surface area contributed by atoms with E-state index in [1.807, 2.05) is 0 Å². The molecule has 2 heteroatoms. The molecular weight excluding hydrogens is 176 g/mol. The molecule has 0 saturated heterocycles. The first-order chi connectivity index (χ1) is 6.83. The van der Waals surface area contributed by atoms with Crippen molar-refractivity contribution in [3.8, 4) is 0 Å². The number of allylic oxidation sites excluding steroid dienone is 4. The van der Waals surface area contributed by atoms with Crippen LogP contribution in [0.5, 0.6) is 0 Å². The average molecular weight is 190 g/mol. The monoisotopic (exact) mass is 190 g/mol. The molecule has 2 aliphatic rings. The van der Waals surface area contributed by atoms with Crippen LogP contribution in [0.4, 0.5) is 0 Å². The number of ketones is 1. The smallest absolute Gasteiger partial charge is 0.159 e. The molecule has 0 radical (unpaired) electrons. The molecule has 0 aromatic rings. The first kappa shape index (κ1) is 9.38. The van der Waals surface area contributed by atoms with Crippen molar-refractivity contribution in [3.05, 3.63) is 23.8 Å². The summed E-state index contributed by atoms with van der Waals surface area (Å²) in [6.07, 6.45) is 10.3. The Kier molecular flexibility index (Phi) is 2.62. The predicted octanol–water partition coefficient (Wildman–Crippen LogP) is 2.06. The fourth-order valence-electron chi connectivity index (χ4n) is 2.57. The van der Waals surface area contributed by atoms with Crippen LogP contribution in [0.2, 0.25) is 0 Å². The van der Waals surface area contributed by atoms with Crippen molar-refractivity contribution in [1.29, 1.82) is 0 Å². The number of carbonyl (C=O) groups excluding carboxylic acids is 2.